The summed E-state index contributed by atoms with van der Waals surface area (Å²) >= 11 is 1.35. The fraction of sp³-hybridized carbons (Fsp3) is 0.562. The molecule has 2 aliphatic rings. The van der Waals surface area contributed by atoms with Crippen LogP contribution in [0.4, 0.5) is 0 Å². The maximum absolute atomic E-state index is 12.9. The molecule has 1 spiro atoms. The molecule has 7 heteroatoms. The van der Waals surface area contributed by atoms with Gasteiger partial charge in [0.05, 0.1) is 19.3 Å². The standard InChI is InChI=1S/C16H19N3O3S/c1-11-8-19(9-16(22-11)5-3-7-21-10-16)15(20)14-18-12-4-2-6-17-13(12)23-14/h2,4,6,11H,3,5,7-10H2,1H3/t11-,16+/m1/s1. The molecule has 2 aliphatic heterocycles. The number of fused-ring (bicyclic) bond motifs is 1. The Kier molecular flexibility index (Phi) is 3.79. The molecule has 2 fully saturated rings. The lowest BCUT2D eigenvalue weighted by Gasteiger charge is -2.47. The van der Waals surface area contributed by atoms with Gasteiger partial charge in [-0.05, 0) is 31.9 Å². The zero-order valence-corrected chi connectivity index (χ0v) is 13.8. The molecular formula is C16H19N3O3S. The molecule has 0 radical (unpaired) electrons. The lowest BCUT2D eigenvalue weighted by Crippen LogP contribution is -2.59. The van der Waals surface area contributed by atoms with Crippen molar-refractivity contribution >= 4 is 27.6 Å². The van der Waals surface area contributed by atoms with Crippen LogP contribution in [-0.4, -0.2) is 58.8 Å². The summed E-state index contributed by atoms with van der Waals surface area (Å²) < 4.78 is 11.7. The number of hydrogen-bond acceptors (Lipinski definition) is 6. The van der Waals surface area contributed by atoms with E-state index in [1.807, 2.05) is 24.0 Å². The van der Waals surface area contributed by atoms with Gasteiger partial charge in [0.2, 0.25) is 0 Å². The lowest BCUT2D eigenvalue weighted by atomic mass is 9.93. The van der Waals surface area contributed by atoms with Gasteiger partial charge >= 0.3 is 0 Å². The number of carbonyl (C=O) groups excluding carboxylic acids is 1. The van der Waals surface area contributed by atoms with Gasteiger partial charge in [0, 0.05) is 19.3 Å². The first-order valence-corrected chi connectivity index (χ1v) is 8.73. The SMILES string of the molecule is C[C@@H]1CN(C(=O)c2nc3cccnc3s2)C[C@]2(CCCOC2)O1. The van der Waals surface area contributed by atoms with Crippen LogP contribution in [0.2, 0.25) is 0 Å². The van der Waals surface area contributed by atoms with Crippen molar-refractivity contribution in [2.24, 2.45) is 0 Å². The molecule has 2 aromatic heterocycles. The highest BCUT2D eigenvalue weighted by atomic mass is 32.1. The Hall–Kier alpha value is -1.57. The molecule has 0 aromatic carbocycles. The van der Waals surface area contributed by atoms with Crippen molar-refractivity contribution in [1.29, 1.82) is 0 Å². The van der Waals surface area contributed by atoms with E-state index in [0.29, 0.717) is 24.7 Å². The number of ether oxygens (including phenoxy) is 2. The maximum atomic E-state index is 12.9. The number of rotatable bonds is 1. The first-order valence-electron chi connectivity index (χ1n) is 7.92. The molecular weight excluding hydrogens is 314 g/mol. The van der Waals surface area contributed by atoms with Gasteiger partial charge in [-0.3, -0.25) is 4.79 Å². The third-order valence-corrected chi connectivity index (χ3v) is 5.30. The normalized spacial score (nSPS) is 28.4. The number of pyridine rings is 1. The van der Waals surface area contributed by atoms with Gasteiger partial charge in [0.1, 0.15) is 15.9 Å². The number of morpholine rings is 1. The molecule has 0 bridgehead atoms. The molecule has 2 saturated heterocycles. The van der Waals surface area contributed by atoms with Crippen molar-refractivity contribution in [3.8, 4) is 0 Å². The summed E-state index contributed by atoms with van der Waals surface area (Å²) in [6.07, 6.45) is 3.63. The van der Waals surface area contributed by atoms with Crippen LogP contribution >= 0.6 is 11.3 Å². The molecule has 0 aliphatic carbocycles. The second-order valence-electron chi connectivity index (χ2n) is 6.30. The van der Waals surface area contributed by atoms with Crippen LogP contribution in [-0.2, 0) is 9.47 Å². The smallest absolute Gasteiger partial charge is 0.283 e. The van der Waals surface area contributed by atoms with Crippen LogP contribution in [0.25, 0.3) is 10.3 Å². The van der Waals surface area contributed by atoms with Gasteiger partial charge in [-0.2, -0.15) is 0 Å². The molecule has 6 nitrogen and oxygen atoms in total. The number of nitrogens with zero attached hydrogens (tertiary/aromatic N) is 3. The van der Waals surface area contributed by atoms with E-state index in [1.165, 1.54) is 11.3 Å². The molecule has 0 N–H and O–H groups in total. The van der Waals surface area contributed by atoms with Crippen molar-refractivity contribution in [2.45, 2.75) is 31.5 Å². The highest BCUT2D eigenvalue weighted by Crippen LogP contribution is 2.31. The summed E-state index contributed by atoms with van der Waals surface area (Å²) in [7, 11) is 0. The summed E-state index contributed by atoms with van der Waals surface area (Å²) in [6.45, 7) is 4.50. The Balaban J connectivity index is 1.59. The fourth-order valence-corrected chi connectivity index (χ4v) is 4.30. The van der Waals surface area contributed by atoms with Gasteiger partial charge in [0.15, 0.2) is 5.01 Å². The van der Waals surface area contributed by atoms with E-state index in [1.54, 1.807) is 6.20 Å². The Bertz CT molecular complexity index is 693. The summed E-state index contributed by atoms with van der Waals surface area (Å²) in [5.41, 5.74) is 0.415. The number of thiazole rings is 1. The van der Waals surface area contributed by atoms with Crippen molar-refractivity contribution in [3.05, 3.63) is 23.3 Å². The second-order valence-corrected chi connectivity index (χ2v) is 7.28. The van der Waals surface area contributed by atoms with Crippen molar-refractivity contribution in [2.75, 3.05) is 26.3 Å². The number of hydrogen-bond donors (Lipinski definition) is 0. The first kappa shape index (κ1) is 15.0. The van der Waals surface area contributed by atoms with Crippen LogP contribution in [0.15, 0.2) is 18.3 Å². The molecule has 2 aromatic rings. The monoisotopic (exact) mass is 333 g/mol. The minimum Gasteiger partial charge on any atom is -0.378 e. The van der Waals surface area contributed by atoms with E-state index in [-0.39, 0.29) is 17.6 Å². The van der Waals surface area contributed by atoms with E-state index in [9.17, 15) is 4.79 Å². The zero-order chi connectivity index (χ0) is 15.9. The summed E-state index contributed by atoms with van der Waals surface area (Å²) in [5.74, 6) is -0.0342. The van der Waals surface area contributed by atoms with Gasteiger partial charge in [0.25, 0.3) is 5.91 Å². The predicted molar refractivity (Wildman–Crippen MR) is 86.6 cm³/mol. The topological polar surface area (TPSA) is 64.6 Å². The van der Waals surface area contributed by atoms with Gasteiger partial charge in [-0.15, -0.1) is 0 Å². The highest BCUT2D eigenvalue weighted by molar-refractivity contribution is 7.19. The van der Waals surface area contributed by atoms with Crippen LogP contribution in [0.3, 0.4) is 0 Å². The van der Waals surface area contributed by atoms with E-state index in [2.05, 4.69) is 9.97 Å². The van der Waals surface area contributed by atoms with Crippen LogP contribution in [0.5, 0.6) is 0 Å². The number of aromatic nitrogens is 2. The third-order valence-electron chi connectivity index (χ3n) is 4.33. The average Bonchev–Trinajstić information content (AvgIpc) is 2.98. The Morgan fingerprint density at radius 2 is 2.43 bits per heavy atom. The molecule has 23 heavy (non-hydrogen) atoms. The molecule has 4 heterocycles. The first-order chi connectivity index (χ1) is 11.2. The zero-order valence-electron chi connectivity index (χ0n) is 13.0. The molecule has 4 rings (SSSR count). The van der Waals surface area contributed by atoms with E-state index < -0.39 is 0 Å². The maximum Gasteiger partial charge on any atom is 0.283 e. The molecule has 122 valence electrons. The summed E-state index contributed by atoms with van der Waals surface area (Å²) in [5, 5.41) is 0.500. The van der Waals surface area contributed by atoms with Gasteiger partial charge in [-0.25, -0.2) is 9.97 Å². The molecule has 1 amide bonds. The van der Waals surface area contributed by atoms with Crippen LogP contribution in [0.1, 0.15) is 29.6 Å². The Labute approximate surface area is 138 Å². The third kappa shape index (κ3) is 2.84. The lowest BCUT2D eigenvalue weighted by molar-refractivity contribution is -0.188. The molecule has 0 saturated carbocycles. The van der Waals surface area contributed by atoms with E-state index in [0.717, 1.165) is 29.8 Å². The quantitative estimate of drug-likeness (QED) is 0.800. The largest absolute Gasteiger partial charge is 0.378 e. The Morgan fingerprint density at radius 1 is 1.52 bits per heavy atom. The minimum absolute atomic E-state index is 0.00176. The molecule has 2 atom stereocenters. The summed E-state index contributed by atoms with van der Waals surface area (Å²) in [6, 6.07) is 3.72. The highest BCUT2D eigenvalue weighted by Gasteiger charge is 2.43. The van der Waals surface area contributed by atoms with E-state index >= 15 is 0 Å². The Morgan fingerprint density at radius 3 is 3.22 bits per heavy atom. The fourth-order valence-electron chi connectivity index (χ4n) is 3.42. The van der Waals surface area contributed by atoms with Crippen LogP contribution < -0.4 is 0 Å². The van der Waals surface area contributed by atoms with Gasteiger partial charge in [-0.1, -0.05) is 11.3 Å². The van der Waals surface area contributed by atoms with Crippen LogP contribution in [0, 0.1) is 0 Å². The summed E-state index contributed by atoms with van der Waals surface area (Å²) in [4.78, 5) is 24.3. The van der Waals surface area contributed by atoms with Gasteiger partial charge < -0.3 is 14.4 Å². The molecule has 0 unspecified atom stereocenters. The number of carbonyl (C=O) groups is 1. The average molecular weight is 333 g/mol. The number of amides is 1. The van der Waals surface area contributed by atoms with Crippen molar-refractivity contribution in [3.63, 3.8) is 0 Å². The van der Waals surface area contributed by atoms with E-state index in [4.69, 9.17) is 9.47 Å². The van der Waals surface area contributed by atoms with Crippen molar-refractivity contribution < 1.29 is 14.3 Å². The van der Waals surface area contributed by atoms with Crippen molar-refractivity contribution in [1.82, 2.24) is 14.9 Å². The second kappa shape index (κ2) is 5.81. The predicted octanol–water partition coefficient (Wildman–Crippen LogP) is 2.10. The minimum atomic E-state index is -0.361.